The number of nitrogens with zero attached hydrogens (tertiary/aromatic N) is 3. The first-order valence-corrected chi connectivity index (χ1v) is 8.26. The lowest BCUT2D eigenvalue weighted by Crippen LogP contribution is -2.58. The molecule has 3 rings (SSSR count). The molecule has 2 aliphatic rings. The largest absolute Gasteiger partial charge is 0.363 e. The van der Waals surface area contributed by atoms with Crippen LogP contribution in [0.2, 0.25) is 0 Å². The minimum Gasteiger partial charge on any atom is -0.363 e. The van der Waals surface area contributed by atoms with Crippen molar-refractivity contribution in [2.75, 3.05) is 5.88 Å². The minimum atomic E-state index is -0.711. The number of rotatable bonds is 4. The van der Waals surface area contributed by atoms with E-state index in [4.69, 9.17) is 16.4 Å². The van der Waals surface area contributed by atoms with Crippen LogP contribution in [0.3, 0.4) is 0 Å². The van der Waals surface area contributed by atoms with Crippen LogP contribution in [0.1, 0.15) is 37.7 Å². The zero-order valence-corrected chi connectivity index (χ0v) is 13.7. The highest BCUT2D eigenvalue weighted by Gasteiger charge is 2.48. The monoisotopic (exact) mass is 352 g/mol. The van der Waals surface area contributed by atoms with E-state index in [9.17, 15) is 14.9 Å². The van der Waals surface area contributed by atoms with Gasteiger partial charge in [0, 0.05) is 30.5 Å². The van der Waals surface area contributed by atoms with E-state index in [1.807, 2.05) is 0 Å². The van der Waals surface area contributed by atoms with Crippen LogP contribution in [0.25, 0.3) is 0 Å². The van der Waals surface area contributed by atoms with Crippen LogP contribution in [0.15, 0.2) is 29.4 Å². The lowest BCUT2D eigenvalue weighted by molar-refractivity contribution is -0.384. The Kier molecular flexibility index (Phi) is 4.57. The fourth-order valence-corrected chi connectivity index (χ4v) is 3.11. The van der Waals surface area contributed by atoms with Crippen LogP contribution in [-0.4, -0.2) is 33.3 Å². The van der Waals surface area contributed by atoms with Gasteiger partial charge in [-0.1, -0.05) is 11.6 Å². The maximum absolute atomic E-state index is 11.8. The van der Waals surface area contributed by atoms with Gasteiger partial charge in [0.05, 0.1) is 4.92 Å². The Morgan fingerprint density at radius 2 is 2.00 bits per heavy atom. The van der Waals surface area contributed by atoms with E-state index in [1.165, 1.54) is 12.1 Å². The SMILES string of the molecule is O=C(CCl)NN1C(c2ccc([N+](=O)[O-])cc2)=NOC12CCCCC2. The molecule has 1 aliphatic heterocycles. The number of carbonyl (C=O) groups excluding carboxylic acids is 1. The van der Waals surface area contributed by atoms with Crippen LogP contribution < -0.4 is 5.43 Å². The second-order valence-electron chi connectivity index (χ2n) is 5.82. The first kappa shape index (κ1) is 16.5. The number of oxime groups is 1. The van der Waals surface area contributed by atoms with Crippen molar-refractivity contribution in [3.63, 3.8) is 0 Å². The molecule has 1 heterocycles. The molecule has 1 aliphatic carbocycles. The standard InChI is InChI=1S/C15H17ClN4O4/c16-10-13(21)17-19-14(11-4-6-12(7-5-11)20(22)23)18-24-15(19)8-2-1-3-9-15/h4-7H,1-3,8-10H2,(H,17,21). The predicted octanol–water partition coefficient (Wildman–Crippen LogP) is 2.52. The lowest BCUT2D eigenvalue weighted by Gasteiger charge is -2.39. The molecule has 0 radical (unpaired) electrons. The lowest BCUT2D eigenvalue weighted by atomic mass is 9.91. The van der Waals surface area contributed by atoms with Crippen LogP contribution in [0, 0.1) is 10.1 Å². The summed E-state index contributed by atoms with van der Waals surface area (Å²) < 4.78 is 0. The molecule has 0 unspecified atom stereocenters. The van der Waals surface area contributed by atoms with E-state index in [1.54, 1.807) is 17.1 Å². The summed E-state index contributed by atoms with van der Waals surface area (Å²) in [6.07, 6.45) is 4.51. The Morgan fingerprint density at radius 1 is 1.33 bits per heavy atom. The molecular weight excluding hydrogens is 336 g/mol. The van der Waals surface area contributed by atoms with E-state index in [0.29, 0.717) is 11.4 Å². The van der Waals surface area contributed by atoms with Crippen LogP contribution in [-0.2, 0) is 9.63 Å². The average Bonchev–Trinajstić information content (AvgIpc) is 2.93. The van der Waals surface area contributed by atoms with Crippen molar-refractivity contribution >= 4 is 29.0 Å². The van der Waals surface area contributed by atoms with Gasteiger partial charge in [0.2, 0.25) is 5.72 Å². The topological polar surface area (TPSA) is 97.1 Å². The highest BCUT2D eigenvalue weighted by molar-refractivity contribution is 6.27. The zero-order chi connectivity index (χ0) is 17.2. The number of nitro groups is 1. The highest BCUT2D eigenvalue weighted by Crippen LogP contribution is 2.38. The first-order valence-electron chi connectivity index (χ1n) is 7.72. The number of non-ortho nitro benzene ring substituents is 1. The van der Waals surface area contributed by atoms with Crippen molar-refractivity contribution < 1.29 is 14.6 Å². The summed E-state index contributed by atoms with van der Waals surface area (Å²) in [6.45, 7) is 0. The van der Waals surface area contributed by atoms with E-state index >= 15 is 0 Å². The normalized spacial score (nSPS) is 18.9. The number of nitro benzene ring substituents is 1. The molecular formula is C15H17ClN4O4. The first-order chi connectivity index (χ1) is 11.6. The van der Waals surface area contributed by atoms with Gasteiger partial charge in [-0.3, -0.25) is 20.3 Å². The van der Waals surface area contributed by atoms with Crippen molar-refractivity contribution in [1.82, 2.24) is 10.4 Å². The quantitative estimate of drug-likeness (QED) is 0.510. The molecule has 1 amide bonds. The van der Waals surface area contributed by atoms with Gasteiger partial charge >= 0.3 is 0 Å². The number of hydrazine groups is 1. The number of halogens is 1. The molecule has 0 atom stereocenters. The molecule has 8 nitrogen and oxygen atoms in total. The van der Waals surface area contributed by atoms with Gasteiger partial charge in [0.25, 0.3) is 11.6 Å². The van der Waals surface area contributed by atoms with E-state index < -0.39 is 10.6 Å². The molecule has 1 aromatic carbocycles. The fraction of sp³-hybridized carbons (Fsp3) is 0.467. The molecule has 0 saturated heterocycles. The van der Waals surface area contributed by atoms with Gasteiger partial charge in [-0.2, -0.15) is 0 Å². The molecule has 24 heavy (non-hydrogen) atoms. The second kappa shape index (κ2) is 6.64. The Labute approximate surface area is 143 Å². The fourth-order valence-electron chi connectivity index (χ4n) is 3.05. The van der Waals surface area contributed by atoms with Crippen LogP contribution in [0.5, 0.6) is 0 Å². The number of carbonyl (C=O) groups is 1. The van der Waals surface area contributed by atoms with Gasteiger partial charge in [0.15, 0.2) is 5.84 Å². The number of benzene rings is 1. The van der Waals surface area contributed by atoms with Crippen LogP contribution in [0.4, 0.5) is 5.69 Å². The Hall–Kier alpha value is -2.35. The molecule has 1 N–H and O–H groups in total. The molecule has 9 heteroatoms. The zero-order valence-electron chi connectivity index (χ0n) is 12.9. The third-order valence-corrected chi connectivity index (χ3v) is 4.49. The molecule has 0 bridgehead atoms. The molecule has 1 fully saturated rings. The molecule has 0 aromatic heterocycles. The smallest absolute Gasteiger partial charge is 0.269 e. The van der Waals surface area contributed by atoms with Gasteiger partial charge in [-0.05, 0) is 25.0 Å². The van der Waals surface area contributed by atoms with E-state index in [2.05, 4.69) is 10.6 Å². The number of hydrogen-bond donors (Lipinski definition) is 1. The van der Waals surface area contributed by atoms with Gasteiger partial charge in [-0.15, -0.1) is 11.6 Å². The van der Waals surface area contributed by atoms with Crippen molar-refractivity contribution in [2.45, 2.75) is 37.8 Å². The van der Waals surface area contributed by atoms with Crippen LogP contribution >= 0.6 is 11.6 Å². The summed E-state index contributed by atoms with van der Waals surface area (Å²) in [6, 6.07) is 5.96. The summed E-state index contributed by atoms with van der Waals surface area (Å²) in [5.41, 5.74) is 2.65. The van der Waals surface area contributed by atoms with Crippen molar-refractivity contribution in [3.05, 3.63) is 39.9 Å². The van der Waals surface area contributed by atoms with Crippen molar-refractivity contribution in [2.24, 2.45) is 5.16 Å². The number of hydrogen-bond acceptors (Lipinski definition) is 6. The second-order valence-corrected chi connectivity index (χ2v) is 6.09. The maximum Gasteiger partial charge on any atom is 0.269 e. The molecule has 1 spiro atoms. The van der Waals surface area contributed by atoms with Gasteiger partial charge < -0.3 is 4.84 Å². The van der Waals surface area contributed by atoms with Crippen molar-refractivity contribution in [3.8, 4) is 0 Å². The van der Waals surface area contributed by atoms with Gasteiger partial charge in [0.1, 0.15) is 5.88 Å². The number of amidine groups is 1. The summed E-state index contributed by atoms with van der Waals surface area (Å²) in [4.78, 5) is 27.9. The third-order valence-electron chi connectivity index (χ3n) is 4.25. The Morgan fingerprint density at radius 3 is 2.58 bits per heavy atom. The minimum absolute atomic E-state index is 0.0120. The van der Waals surface area contributed by atoms with Crippen molar-refractivity contribution in [1.29, 1.82) is 0 Å². The predicted molar refractivity (Wildman–Crippen MR) is 87.2 cm³/mol. The number of nitrogens with one attached hydrogen (secondary N) is 1. The third kappa shape index (κ3) is 3.01. The van der Waals surface area contributed by atoms with E-state index in [-0.39, 0.29) is 17.5 Å². The van der Waals surface area contributed by atoms with Gasteiger partial charge in [-0.25, -0.2) is 5.01 Å². The Balaban J connectivity index is 1.90. The maximum atomic E-state index is 11.8. The molecule has 1 saturated carbocycles. The summed E-state index contributed by atoms with van der Waals surface area (Å²) in [7, 11) is 0. The summed E-state index contributed by atoms with van der Waals surface area (Å²) in [5.74, 6) is -0.118. The summed E-state index contributed by atoms with van der Waals surface area (Å²) in [5, 5.41) is 16.6. The Bertz CT molecular complexity index is 671. The average molecular weight is 353 g/mol. The molecule has 1 aromatic rings. The summed E-state index contributed by atoms with van der Waals surface area (Å²) >= 11 is 5.61. The van der Waals surface area contributed by atoms with E-state index in [0.717, 1.165) is 32.1 Å². The highest BCUT2D eigenvalue weighted by atomic mass is 35.5. The molecule has 128 valence electrons. The number of amides is 1. The number of alkyl halides is 1.